The number of hydrogen-bond acceptors (Lipinski definition) is 5. The van der Waals surface area contributed by atoms with Gasteiger partial charge in [-0.05, 0) is 48.9 Å². The average Bonchev–Trinajstić information content (AvgIpc) is 3.17. The summed E-state index contributed by atoms with van der Waals surface area (Å²) in [5.41, 5.74) is 1.92. The number of carbonyl (C=O) groups excluding carboxylic acids is 1. The zero-order chi connectivity index (χ0) is 17.4. The first-order valence-electron chi connectivity index (χ1n) is 8.87. The summed E-state index contributed by atoms with van der Waals surface area (Å²) in [6, 6.07) is 9.02. The Morgan fingerprint density at radius 1 is 1.12 bits per heavy atom. The Bertz CT molecular complexity index is 785. The molecule has 3 heterocycles. The van der Waals surface area contributed by atoms with Crippen LogP contribution in [-0.2, 0) is 0 Å². The second-order valence-electron chi connectivity index (χ2n) is 6.83. The number of rotatable bonds is 2. The molecule has 0 spiro atoms. The zero-order valence-electron chi connectivity index (χ0n) is 14.4. The summed E-state index contributed by atoms with van der Waals surface area (Å²) < 4.78 is 0. The Morgan fingerprint density at radius 3 is 2.64 bits per heavy atom. The van der Waals surface area contributed by atoms with Crippen molar-refractivity contribution in [3.63, 3.8) is 0 Å². The van der Waals surface area contributed by atoms with Gasteiger partial charge in [0.15, 0.2) is 11.5 Å². The van der Waals surface area contributed by atoms with Crippen LogP contribution >= 0.6 is 0 Å². The normalized spacial score (nSPS) is 19.8. The van der Waals surface area contributed by atoms with Crippen LogP contribution in [0.4, 0.5) is 11.5 Å². The van der Waals surface area contributed by atoms with Gasteiger partial charge in [0.05, 0.1) is 5.69 Å². The van der Waals surface area contributed by atoms with Crippen molar-refractivity contribution >= 4 is 17.4 Å². The van der Waals surface area contributed by atoms with E-state index in [1.807, 2.05) is 18.2 Å². The highest BCUT2D eigenvalue weighted by molar-refractivity contribution is 6.06. The molecule has 0 bridgehead atoms. The smallest absolute Gasteiger partial charge is 0.278 e. The summed E-state index contributed by atoms with van der Waals surface area (Å²) in [5.74, 6) is 1.06. The fourth-order valence-corrected chi connectivity index (χ4v) is 3.73. The Labute approximate surface area is 147 Å². The summed E-state index contributed by atoms with van der Waals surface area (Å²) in [6.07, 6.45) is 3.20. The van der Waals surface area contributed by atoms with Gasteiger partial charge in [-0.15, -0.1) is 10.2 Å². The van der Waals surface area contributed by atoms with Crippen LogP contribution in [0.5, 0.6) is 5.75 Å². The number of benzene rings is 1. The minimum Gasteiger partial charge on any atom is -0.506 e. The van der Waals surface area contributed by atoms with Gasteiger partial charge in [-0.2, -0.15) is 0 Å². The van der Waals surface area contributed by atoms with Crippen molar-refractivity contribution in [1.82, 2.24) is 10.2 Å². The third kappa shape index (κ3) is 2.81. The van der Waals surface area contributed by atoms with Gasteiger partial charge in [-0.25, -0.2) is 0 Å². The summed E-state index contributed by atoms with van der Waals surface area (Å²) >= 11 is 0. The van der Waals surface area contributed by atoms with Crippen LogP contribution in [0.2, 0.25) is 0 Å². The third-order valence-corrected chi connectivity index (χ3v) is 5.18. The van der Waals surface area contributed by atoms with Gasteiger partial charge < -0.3 is 14.9 Å². The fraction of sp³-hybridized carbons (Fsp3) is 0.421. The standard InChI is InChI=1S/C19H22N4O2/c1-13-9-12-23(18-14(13)5-4-6-16(18)24)19(25)15-7-8-17(21-20-15)22-10-2-3-11-22/h4-8,13,24H,2-3,9-12H2,1H3. The van der Waals surface area contributed by atoms with E-state index in [4.69, 9.17) is 0 Å². The SMILES string of the molecule is CC1CCN(C(=O)c2ccc(N3CCCC3)nn2)c2c(O)cccc21. The molecular weight excluding hydrogens is 316 g/mol. The van der Waals surface area contributed by atoms with E-state index in [1.54, 1.807) is 17.0 Å². The van der Waals surface area contributed by atoms with Crippen LogP contribution in [0.1, 0.15) is 48.2 Å². The molecule has 1 saturated heterocycles. The van der Waals surface area contributed by atoms with Crippen molar-refractivity contribution in [2.75, 3.05) is 29.4 Å². The van der Waals surface area contributed by atoms with E-state index in [9.17, 15) is 9.90 Å². The molecule has 4 rings (SSSR count). The molecule has 25 heavy (non-hydrogen) atoms. The van der Waals surface area contributed by atoms with Crippen molar-refractivity contribution in [2.45, 2.75) is 32.1 Å². The number of phenolic OH excluding ortho intramolecular Hbond substituents is 1. The van der Waals surface area contributed by atoms with E-state index in [1.165, 1.54) is 12.8 Å². The molecule has 1 N–H and O–H groups in total. The molecule has 1 atom stereocenters. The summed E-state index contributed by atoms with van der Waals surface area (Å²) in [7, 11) is 0. The Hall–Kier alpha value is -2.63. The van der Waals surface area contributed by atoms with Crippen LogP contribution in [0.15, 0.2) is 30.3 Å². The van der Waals surface area contributed by atoms with Gasteiger partial charge >= 0.3 is 0 Å². The van der Waals surface area contributed by atoms with Crippen LogP contribution in [0.3, 0.4) is 0 Å². The van der Waals surface area contributed by atoms with Crippen LogP contribution in [-0.4, -0.2) is 40.8 Å². The summed E-state index contributed by atoms with van der Waals surface area (Å²) in [5, 5.41) is 18.7. The van der Waals surface area contributed by atoms with Crippen LogP contribution in [0, 0.1) is 0 Å². The minimum absolute atomic E-state index is 0.138. The maximum atomic E-state index is 13.0. The number of nitrogens with zero attached hydrogens (tertiary/aromatic N) is 4. The van der Waals surface area contributed by atoms with Crippen LogP contribution in [0.25, 0.3) is 0 Å². The molecule has 0 aliphatic carbocycles. The van der Waals surface area contributed by atoms with Crippen molar-refractivity contribution < 1.29 is 9.90 Å². The van der Waals surface area contributed by atoms with Gasteiger partial charge in [-0.1, -0.05) is 19.1 Å². The lowest BCUT2D eigenvalue weighted by atomic mass is 9.91. The quantitative estimate of drug-likeness (QED) is 0.912. The second kappa shape index (κ2) is 6.35. The van der Waals surface area contributed by atoms with E-state index in [0.29, 0.717) is 23.8 Å². The highest BCUT2D eigenvalue weighted by atomic mass is 16.3. The molecule has 0 radical (unpaired) electrons. The molecule has 1 unspecified atom stereocenters. The third-order valence-electron chi connectivity index (χ3n) is 5.18. The van der Waals surface area contributed by atoms with E-state index in [-0.39, 0.29) is 11.7 Å². The lowest BCUT2D eigenvalue weighted by Crippen LogP contribution is -2.37. The van der Waals surface area contributed by atoms with Gasteiger partial charge in [0.25, 0.3) is 5.91 Å². The molecule has 1 aromatic carbocycles. The van der Waals surface area contributed by atoms with Crippen LogP contribution < -0.4 is 9.80 Å². The number of para-hydroxylation sites is 1. The number of aromatic hydroxyl groups is 1. The van der Waals surface area contributed by atoms with Gasteiger partial charge in [-0.3, -0.25) is 4.79 Å². The molecule has 130 valence electrons. The molecule has 2 aromatic rings. The zero-order valence-corrected chi connectivity index (χ0v) is 14.4. The lowest BCUT2D eigenvalue weighted by Gasteiger charge is -2.33. The van der Waals surface area contributed by atoms with Crippen molar-refractivity contribution in [1.29, 1.82) is 0 Å². The number of carbonyl (C=O) groups is 1. The molecular formula is C19H22N4O2. The predicted molar refractivity (Wildman–Crippen MR) is 96.3 cm³/mol. The Balaban J connectivity index is 1.62. The number of phenols is 1. The van der Waals surface area contributed by atoms with E-state index >= 15 is 0 Å². The van der Waals surface area contributed by atoms with Crippen molar-refractivity contribution in [2.24, 2.45) is 0 Å². The summed E-state index contributed by atoms with van der Waals surface area (Å²) in [4.78, 5) is 16.8. The predicted octanol–water partition coefficient (Wildman–Crippen LogP) is 2.94. The van der Waals surface area contributed by atoms with E-state index in [0.717, 1.165) is 30.9 Å². The highest BCUT2D eigenvalue weighted by Gasteiger charge is 2.30. The second-order valence-corrected chi connectivity index (χ2v) is 6.83. The number of aromatic nitrogens is 2. The van der Waals surface area contributed by atoms with Crippen molar-refractivity contribution in [3.05, 3.63) is 41.6 Å². The van der Waals surface area contributed by atoms with Gasteiger partial charge in [0.2, 0.25) is 0 Å². The number of fused-ring (bicyclic) bond motifs is 1. The molecule has 6 nitrogen and oxygen atoms in total. The van der Waals surface area contributed by atoms with E-state index < -0.39 is 0 Å². The highest BCUT2D eigenvalue weighted by Crippen LogP contribution is 2.41. The largest absolute Gasteiger partial charge is 0.506 e. The topological polar surface area (TPSA) is 69.6 Å². The van der Waals surface area contributed by atoms with Crippen molar-refractivity contribution in [3.8, 4) is 5.75 Å². The molecule has 1 aromatic heterocycles. The maximum absolute atomic E-state index is 13.0. The monoisotopic (exact) mass is 338 g/mol. The molecule has 1 amide bonds. The fourth-order valence-electron chi connectivity index (χ4n) is 3.73. The molecule has 2 aliphatic heterocycles. The van der Waals surface area contributed by atoms with Gasteiger partial charge in [0, 0.05) is 19.6 Å². The Kier molecular flexibility index (Phi) is 4.03. The maximum Gasteiger partial charge on any atom is 0.278 e. The minimum atomic E-state index is -0.213. The first-order chi connectivity index (χ1) is 12.1. The molecule has 0 saturated carbocycles. The Morgan fingerprint density at radius 2 is 1.92 bits per heavy atom. The molecule has 2 aliphatic rings. The first-order valence-corrected chi connectivity index (χ1v) is 8.87. The van der Waals surface area contributed by atoms with E-state index in [2.05, 4.69) is 22.0 Å². The number of anilines is 2. The lowest BCUT2D eigenvalue weighted by molar-refractivity contribution is 0.0978. The summed E-state index contributed by atoms with van der Waals surface area (Å²) in [6.45, 7) is 4.67. The average molecular weight is 338 g/mol. The van der Waals surface area contributed by atoms with Gasteiger partial charge in [0.1, 0.15) is 5.75 Å². The first kappa shape index (κ1) is 15.9. The number of hydrogen-bond donors (Lipinski definition) is 1. The molecule has 1 fully saturated rings. The molecule has 6 heteroatoms. The number of amides is 1.